The third-order valence-corrected chi connectivity index (χ3v) is 3.06. The summed E-state index contributed by atoms with van der Waals surface area (Å²) in [7, 11) is 1.96. The van der Waals surface area contributed by atoms with E-state index in [9.17, 15) is 5.11 Å². The number of halogens is 1. The summed E-state index contributed by atoms with van der Waals surface area (Å²) in [6.45, 7) is 4.13. The molecular weight excluding hydrogens is 226 g/mol. The zero-order chi connectivity index (χ0) is 12.1. The van der Waals surface area contributed by atoms with Crippen molar-refractivity contribution < 1.29 is 5.11 Å². The van der Waals surface area contributed by atoms with Gasteiger partial charge in [-0.3, -0.25) is 0 Å². The average molecular weight is 244 g/mol. The van der Waals surface area contributed by atoms with Crippen molar-refractivity contribution in [2.45, 2.75) is 39.3 Å². The topological polar surface area (TPSA) is 49.2 Å². The highest BCUT2D eigenvalue weighted by Gasteiger charge is 2.16. The molecule has 0 bridgehead atoms. The molecule has 1 aromatic rings. The fourth-order valence-electron chi connectivity index (χ4n) is 1.64. The highest BCUT2D eigenvalue weighted by atomic mass is 35.5. The first kappa shape index (κ1) is 13.2. The van der Waals surface area contributed by atoms with Crippen LogP contribution < -0.4 is 4.90 Å². The molecule has 4 nitrogen and oxygen atoms in total. The Morgan fingerprint density at radius 1 is 1.50 bits per heavy atom. The molecular formula is C11H18ClN3O. The lowest BCUT2D eigenvalue weighted by molar-refractivity contribution is 0.281. The first-order valence-corrected chi connectivity index (χ1v) is 5.82. The van der Waals surface area contributed by atoms with Crippen molar-refractivity contribution in [3.63, 3.8) is 0 Å². The number of aliphatic hydroxyl groups is 1. The Bertz CT molecular complexity index is 346. The lowest BCUT2D eigenvalue weighted by atomic mass is 10.1. The SMILES string of the molecule is CCCC(C)N(C)c1ncnc(Cl)c1CO. The van der Waals surface area contributed by atoms with Crippen LogP contribution in [0.1, 0.15) is 32.3 Å². The lowest BCUT2D eigenvalue weighted by Crippen LogP contribution is -2.30. The summed E-state index contributed by atoms with van der Waals surface area (Å²) < 4.78 is 0. The molecule has 1 heterocycles. The minimum atomic E-state index is -0.141. The second kappa shape index (κ2) is 6.01. The van der Waals surface area contributed by atoms with Crippen LogP contribution in [-0.4, -0.2) is 28.2 Å². The number of aliphatic hydroxyl groups excluding tert-OH is 1. The molecule has 0 fully saturated rings. The smallest absolute Gasteiger partial charge is 0.140 e. The van der Waals surface area contributed by atoms with E-state index in [1.807, 2.05) is 11.9 Å². The summed E-state index contributed by atoms with van der Waals surface area (Å²) in [6, 6.07) is 0.362. The van der Waals surface area contributed by atoms with Crippen molar-refractivity contribution in [1.29, 1.82) is 0 Å². The summed E-state index contributed by atoms with van der Waals surface area (Å²) in [6.07, 6.45) is 3.60. The predicted octanol–water partition coefficient (Wildman–Crippen LogP) is 2.25. The fraction of sp³-hybridized carbons (Fsp3) is 0.636. The molecule has 16 heavy (non-hydrogen) atoms. The van der Waals surface area contributed by atoms with Crippen LogP contribution in [0.15, 0.2) is 6.33 Å². The molecule has 0 aliphatic carbocycles. The molecule has 1 unspecified atom stereocenters. The normalized spacial score (nSPS) is 12.6. The Kier molecular flexibility index (Phi) is 4.96. The van der Waals surface area contributed by atoms with Gasteiger partial charge in [0, 0.05) is 13.1 Å². The summed E-state index contributed by atoms with van der Waals surface area (Å²) in [5.41, 5.74) is 0.592. The maximum Gasteiger partial charge on any atom is 0.140 e. The van der Waals surface area contributed by atoms with Gasteiger partial charge < -0.3 is 10.0 Å². The van der Waals surface area contributed by atoms with E-state index >= 15 is 0 Å². The van der Waals surface area contributed by atoms with Crippen molar-refractivity contribution in [3.8, 4) is 0 Å². The molecule has 1 atom stereocenters. The van der Waals surface area contributed by atoms with E-state index < -0.39 is 0 Å². The molecule has 0 aliphatic rings. The van der Waals surface area contributed by atoms with Crippen LogP contribution in [0.4, 0.5) is 5.82 Å². The van der Waals surface area contributed by atoms with Gasteiger partial charge in [-0.05, 0) is 13.3 Å². The van der Waals surface area contributed by atoms with Gasteiger partial charge in [0.15, 0.2) is 0 Å². The van der Waals surface area contributed by atoms with Gasteiger partial charge in [0.05, 0.1) is 12.2 Å². The van der Waals surface area contributed by atoms with E-state index in [1.54, 1.807) is 0 Å². The molecule has 5 heteroatoms. The summed E-state index contributed by atoms with van der Waals surface area (Å²) in [5.74, 6) is 0.712. The summed E-state index contributed by atoms with van der Waals surface area (Å²) >= 11 is 5.92. The van der Waals surface area contributed by atoms with Gasteiger partial charge in [-0.2, -0.15) is 0 Å². The number of rotatable bonds is 5. The highest BCUT2D eigenvalue weighted by Crippen LogP contribution is 2.24. The van der Waals surface area contributed by atoms with Crippen LogP contribution in [0.3, 0.4) is 0 Å². The third-order valence-electron chi connectivity index (χ3n) is 2.73. The Labute approximate surface area is 101 Å². The number of hydrogen-bond acceptors (Lipinski definition) is 4. The number of aromatic nitrogens is 2. The molecule has 0 saturated carbocycles. The maximum atomic E-state index is 9.27. The third kappa shape index (κ3) is 2.83. The maximum absolute atomic E-state index is 9.27. The van der Waals surface area contributed by atoms with Gasteiger partial charge in [-0.1, -0.05) is 24.9 Å². The Morgan fingerprint density at radius 2 is 2.19 bits per heavy atom. The molecule has 0 aromatic carbocycles. The largest absolute Gasteiger partial charge is 0.391 e. The minimum Gasteiger partial charge on any atom is -0.391 e. The molecule has 0 amide bonds. The van der Waals surface area contributed by atoms with E-state index in [0.717, 1.165) is 12.8 Å². The van der Waals surface area contributed by atoms with Gasteiger partial charge in [0.25, 0.3) is 0 Å². The molecule has 0 saturated heterocycles. The first-order valence-electron chi connectivity index (χ1n) is 5.44. The van der Waals surface area contributed by atoms with Crippen molar-refractivity contribution in [2.75, 3.05) is 11.9 Å². The van der Waals surface area contributed by atoms with Crippen LogP contribution in [0.2, 0.25) is 5.15 Å². The molecule has 1 aromatic heterocycles. The van der Waals surface area contributed by atoms with Crippen LogP contribution in [0, 0.1) is 0 Å². The van der Waals surface area contributed by atoms with Gasteiger partial charge in [-0.25, -0.2) is 9.97 Å². The fourth-order valence-corrected chi connectivity index (χ4v) is 1.83. The average Bonchev–Trinajstić information content (AvgIpc) is 2.28. The first-order chi connectivity index (χ1) is 7.61. The zero-order valence-corrected chi connectivity index (χ0v) is 10.7. The molecule has 1 rings (SSSR count). The Hall–Kier alpha value is -0.870. The Morgan fingerprint density at radius 3 is 2.75 bits per heavy atom. The number of nitrogens with zero attached hydrogens (tertiary/aromatic N) is 3. The van der Waals surface area contributed by atoms with Crippen molar-refractivity contribution in [3.05, 3.63) is 17.0 Å². The minimum absolute atomic E-state index is 0.141. The van der Waals surface area contributed by atoms with Crippen LogP contribution in [0.25, 0.3) is 0 Å². The highest BCUT2D eigenvalue weighted by molar-refractivity contribution is 6.30. The van der Waals surface area contributed by atoms with Gasteiger partial charge >= 0.3 is 0 Å². The molecule has 1 N–H and O–H groups in total. The summed E-state index contributed by atoms with van der Waals surface area (Å²) in [5, 5.41) is 9.59. The monoisotopic (exact) mass is 243 g/mol. The molecule has 0 spiro atoms. The van der Waals surface area contributed by atoms with Crippen molar-refractivity contribution in [2.24, 2.45) is 0 Å². The van der Waals surface area contributed by atoms with Crippen molar-refractivity contribution in [1.82, 2.24) is 9.97 Å². The second-order valence-corrected chi connectivity index (χ2v) is 4.23. The lowest BCUT2D eigenvalue weighted by Gasteiger charge is -2.27. The zero-order valence-electron chi connectivity index (χ0n) is 9.94. The van der Waals surface area contributed by atoms with Crippen LogP contribution >= 0.6 is 11.6 Å². The standard InChI is InChI=1S/C11H18ClN3O/c1-4-5-8(2)15(3)11-9(6-16)10(12)13-7-14-11/h7-8,16H,4-6H2,1-3H3. The van der Waals surface area contributed by atoms with Gasteiger partial charge in [-0.15, -0.1) is 0 Å². The second-order valence-electron chi connectivity index (χ2n) is 3.87. The molecule has 0 radical (unpaired) electrons. The predicted molar refractivity (Wildman–Crippen MR) is 65.7 cm³/mol. The molecule has 0 aliphatic heterocycles. The van der Waals surface area contributed by atoms with Gasteiger partial charge in [0.1, 0.15) is 17.3 Å². The van der Waals surface area contributed by atoms with Crippen LogP contribution in [0.5, 0.6) is 0 Å². The van der Waals surface area contributed by atoms with E-state index in [4.69, 9.17) is 11.6 Å². The number of hydrogen-bond donors (Lipinski definition) is 1. The number of anilines is 1. The quantitative estimate of drug-likeness (QED) is 0.806. The van der Waals surface area contributed by atoms with E-state index in [1.165, 1.54) is 6.33 Å². The van der Waals surface area contributed by atoms with Gasteiger partial charge in [0.2, 0.25) is 0 Å². The summed E-state index contributed by atoms with van der Waals surface area (Å²) in [4.78, 5) is 10.1. The van der Waals surface area contributed by atoms with Crippen molar-refractivity contribution >= 4 is 17.4 Å². The van der Waals surface area contributed by atoms with Crippen LogP contribution in [-0.2, 0) is 6.61 Å². The van der Waals surface area contributed by atoms with E-state index in [2.05, 4.69) is 23.8 Å². The van der Waals surface area contributed by atoms with E-state index in [-0.39, 0.29) is 6.61 Å². The van der Waals surface area contributed by atoms with E-state index in [0.29, 0.717) is 22.6 Å². The molecule has 90 valence electrons. The Balaban J connectivity index is 2.98.